The summed E-state index contributed by atoms with van der Waals surface area (Å²) >= 11 is 0. The van der Waals surface area contributed by atoms with Gasteiger partial charge in [0.2, 0.25) is 0 Å². The molecule has 3 aromatic carbocycles. The van der Waals surface area contributed by atoms with E-state index in [1.165, 1.54) is 5.56 Å². The van der Waals surface area contributed by atoms with Gasteiger partial charge in [0.15, 0.2) is 0 Å². The average molecular weight is 328 g/mol. The third-order valence-electron chi connectivity index (χ3n) is 4.29. The Morgan fingerprint density at radius 2 is 1.56 bits per heavy atom. The molecule has 1 heterocycles. The van der Waals surface area contributed by atoms with Gasteiger partial charge >= 0.3 is 0 Å². The van der Waals surface area contributed by atoms with Crippen LogP contribution < -0.4 is 4.74 Å². The van der Waals surface area contributed by atoms with Crippen molar-refractivity contribution in [2.24, 2.45) is 0 Å². The molecular weight excluding hydrogens is 308 g/mol. The zero-order valence-corrected chi connectivity index (χ0v) is 14.2. The highest BCUT2D eigenvalue weighted by molar-refractivity contribution is 5.80. The molecule has 0 aliphatic heterocycles. The summed E-state index contributed by atoms with van der Waals surface area (Å²) in [6, 6.07) is 26.7. The predicted molar refractivity (Wildman–Crippen MR) is 102 cm³/mol. The quantitative estimate of drug-likeness (QED) is 0.510. The molecule has 0 bridgehead atoms. The van der Waals surface area contributed by atoms with E-state index in [0.717, 1.165) is 34.7 Å². The number of hydrogen-bond donors (Lipinski definition) is 0. The lowest BCUT2D eigenvalue weighted by Crippen LogP contribution is -2.09. The minimum atomic E-state index is 0.600. The Hall–Kier alpha value is -3.07. The summed E-state index contributed by atoms with van der Waals surface area (Å²) in [6.07, 6.45) is 0. The standard InChI is InChI=1S/C22H20N2O/c1-17-11-13-18(14-12-17)22-23-20-9-5-6-10-21(20)24(22)15-16-25-19-7-3-2-4-8-19/h2-14H,15-16H2,1H3. The number of hydrogen-bond acceptors (Lipinski definition) is 2. The summed E-state index contributed by atoms with van der Waals surface area (Å²) in [4.78, 5) is 4.85. The maximum absolute atomic E-state index is 5.89. The molecule has 0 saturated heterocycles. The molecule has 0 saturated carbocycles. The predicted octanol–water partition coefficient (Wildman–Crippen LogP) is 5.09. The molecule has 124 valence electrons. The number of ether oxygens (including phenoxy) is 1. The van der Waals surface area contributed by atoms with Crippen LogP contribution in [0.3, 0.4) is 0 Å². The van der Waals surface area contributed by atoms with Gasteiger partial charge < -0.3 is 9.30 Å². The first kappa shape index (κ1) is 15.5. The summed E-state index contributed by atoms with van der Waals surface area (Å²) in [7, 11) is 0. The Morgan fingerprint density at radius 1 is 0.840 bits per heavy atom. The van der Waals surface area contributed by atoms with Crippen LogP contribution in [0.4, 0.5) is 0 Å². The van der Waals surface area contributed by atoms with Gasteiger partial charge in [-0.25, -0.2) is 4.98 Å². The molecular formula is C22H20N2O. The van der Waals surface area contributed by atoms with Crippen LogP contribution in [-0.2, 0) is 6.54 Å². The molecule has 0 fully saturated rings. The monoisotopic (exact) mass is 328 g/mol. The zero-order valence-electron chi connectivity index (χ0n) is 14.2. The fraction of sp³-hybridized carbons (Fsp3) is 0.136. The lowest BCUT2D eigenvalue weighted by atomic mass is 10.1. The highest BCUT2D eigenvalue weighted by Gasteiger charge is 2.12. The molecule has 0 aliphatic rings. The minimum absolute atomic E-state index is 0.600. The maximum atomic E-state index is 5.89. The average Bonchev–Trinajstić information content (AvgIpc) is 3.02. The van der Waals surface area contributed by atoms with E-state index >= 15 is 0 Å². The number of aromatic nitrogens is 2. The Morgan fingerprint density at radius 3 is 2.36 bits per heavy atom. The summed E-state index contributed by atoms with van der Waals surface area (Å²) < 4.78 is 8.13. The van der Waals surface area contributed by atoms with Crippen molar-refractivity contribution < 1.29 is 4.74 Å². The minimum Gasteiger partial charge on any atom is -0.492 e. The van der Waals surface area contributed by atoms with Crippen molar-refractivity contribution in [3.8, 4) is 17.1 Å². The summed E-state index contributed by atoms with van der Waals surface area (Å²) in [5.41, 5.74) is 4.52. The van der Waals surface area contributed by atoms with Crippen LogP contribution in [0.2, 0.25) is 0 Å². The van der Waals surface area contributed by atoms with Gasteiger partial charge in [-0.3, -0.25) is 0 Å². The molecule has 25 heavy (non-hydrogen) atoms. The van der Waals surface area contributed by atoms with Crippen LogP contribution in [0, 0.1) is 6.92 Å². The van der Waals surface area contributed by atoms with E-state index in [2.05, 4.69) is 54.0 Å². The number of imidazole rings is 1. The molecule has 3 heteroatoms. The van der Waals surface area contributed by atoms with Gasteiger partial charge in [0, 0.05) is 5.56 Å². The second-order valence-corrected chi connectivity index (χ2v) is 6.10. The number of aryl methyl sites for hydroxylation is 1. The Labute approximate surface area is 147 Å². The third kappa shape index (κ3) is 3.26. The molecule has 0 amide bonds. The molecule has 0 atom stereocenters. The van der Waals surface area contributed by atoms with E-state index in [4.69, 9.17) is 9.72 Å². The number of fused-ring (bicyclic) bond motifs is 1. The first-order chi connectivity index (χ1) is 12.3. The molecule has 4 aromatic rings. The lowest BCUT2D eigenvalue weighted by Gasteiger charge is -2.11. The van der Waals surface area contributed by atoms with Crippen molar-refractivity contribution in [3.63, 3.8) is 0 Å². The summed E-state index contributed by atoms with van der Waals surface area (Å²) in [5.74, 6) is 1.88. The van der Waals surface area contributed by atoms with Crippen LogP contribution >= 0.6 is 0 Å². The number of para-hydroxylation sites is 3. The van der Waals surface area contributed by atoms with E-state index in [9.17, 15) is 0 Å². The second kappa shape index (κ2) is 6.81. The van der Waals surface area contributed by atoms with E-state index in [-0.39, 0.29) is 0 Å². The van der Waals surface area contributed by atoms with E-state index in [1.54, 1.807) is 0 Å². The highest BCUT2D eigenvalue weighted by atomic mass is 16.5. The van der Waals surface area contributed by atoms with Crippen LogP contribution in [-0.4, -0.2) is 16.2 Å². The van der Waals surface area contributed by atoms with E-state index in [1.807, 2.05) is 36.4 Å². The van der Waals surface area contributed by atoms with Gasteiger partial charge in [-0.05, 0) is 31.2 Å². The maximum Gasteiger partial charge on any atom is 0.141 e. The van der Waals surface area contributed by atoms with Crippen LogP contribution in [0.1, 0.15) is 5.56 Å². The molecule has 0 N–H and O–H groups in total. The smallest absolute Gasteiger partial charge is 0.141 e. The summed E-state index contributed by atoms with van der Waals surface area (Å²) in [6.45, 7) is 3.45. The van der Waals surface area contributed by atoms with Crippen molar-refractivity contribution >= 4 is 11.0 Å². The summed E-state index contributed by atoms with van der Waals surface area (Å²) in [5, 5.41) is 0. The topological polar surface area (TPSA) is 27.1 Å². The van der Waals surface area contributed by atoms with Crippen molar-refractivity contribution in [1.82, 2.24) is 9.55 Å². The largest absolute Gasteiger partial charge is 0.492 e. The molecule has 4 rings (SSSR count). The molecule has 0 aliphatic carbocycles. The molecule has 0 spiro atoms. The van der Waals surface area contributed by atoms with Gasteiger partial charge in [0.25, 0.3) is 0 Å². The highest BCUT2D eigenvalue weighted by Crippen LogP contribution is 2.25. The fourth-order valence-electron chi connectivity index (χ4n) is 3.00. The van der Waals surface area contributed by atoms with Gasteiger partial charge in [0.05, 0.1) is 17.6 Å². The van der Waals surface area contributed by atoms with Crippen molar-refractivity contribution in [2.45, 2.75) is 13.5 Å². The van der Waals surface area contributed by atoms with Crippen LogP contribution in [0.15, 0.2) is 78.9 Å². The van der Waals surface area contributed by atoms with Gasteiger partial charge in [-0.1, -0.05) is 60.2 Å². The van der Waals surface area contributed by atoms with Crippen molar-refractivity contribution in [2.75, 3.05) is 6.61 Å². The van der Waals surface area contributed by atoms with E-state index < -0.39 is 0 Å². The Bertz CT molecular complexity index is 972. The van der Waals surface area contributed by atoms with Crippen LogP contribution in [0.5, 0.6) is 5.75 Å². The van der Waals surface area contributed by atoms with Gasteiger partial charge in [-0.2, -0.15) is 0 Å². The fourth-order valence-corrected chi connectivity index (χ4v) is 3.00. The number of nitrogens with zero attached hydrogens (tertiary/aromatic N) is 2. The third-order valence-corrected chi connectivity index (χ3v) is 4.29. The van der Waals surface area contributed by atoms with Crippen molar-refractivity contribution in [3.05, 3.63) is 84.4 Å². The first-order valence-corrected chi connectivity index (χ1v) is 8.51. The molecule has 1 aromatic heterocycles. The molecule has 0 radical (unpaired) electrons. The Balaban J connectivity index is 1.66. The molecule has 3 nitrogen and oxygen atoms in total. The number of benzene rings is 3. The SMILES string of the molecule is Cc1ccc(-c2nc3ccccc3n2CCOc2ccccc2)cc1. The first-order valence-electron chi connectivity index (χ1n) is 8.51. The van der Waals surface area contributed by atoms with Crippen molar-refractivity contribution in [1.29, 1.82) is 0 Å². The molecule has 0 unspecified atom stereocenters. The van der Waals surface area contributed by atoms with Crippen LogP contribution in [0.25, 0.3) is 22.4 Å². The van der Waals surface area contributed by atoms with Gasteiger partial charge in [-0.15, -0.1) is 0 Å². The Kier molecular flexibility index (Phi) is 4.21. The number of rotatable bonds is 5. The zero-order chi connectivity index (χ0) is 17.1. The lowest BCUT2D eigenvalue weighted by molar-refractivity contribution is 0.301. The second-order valence-electron chi connectivity index (χ2n) is 6.10. The van der Waals surface area contributed by atoms with E-state index in [0.29, 0.717) is 6.61 Å². The van der Waals surface area contributed by atoms with Gasteiger partial charge in [0.1, 0.15) is 18.2 Å². The normalized spacial score (nSPS) is 10.9.